The lowest BCUT2D eigenvalue weighted by Gasteiger charge is -2.29. The molecule has 0 bridgehead atoms. The smallest absolute Gasteiger partial charge is 0.0540 e. The predicted octanol–water partition coefficient (Wildman–Crippen LogP) is 21.6. The van der Waals surface area contributed by atoms with E-state index < -0.39 is 0 Å². The second-order valence-corrected chi connectivity index (χ2v) is 17.8. The fraction of sp³-hybridized carbons (Fsp3) is 0.0556. The number of hydrogen-bond donors (Lipinski definition) is 0. The van der Waals surface area contributed by atoms with E-state index in [0.717, 1.165) is 79.4 Å². The van der Waals surface area contributed by atoms with Crippen LogP contribution >= 0.6 is 0 Å². The molecule has 0 aliphatic carbocycles. The molecule has 0 atom stereocenters. The van der Waals surface area contributed by atoms with Gasteiger partial charge in [0, 0.05) is 67.6 Å². The van der Waals surface area contributed by atoms with Crippen molar-refractivity contribution in [1.82, 2.24) is 0 Å². The van der Waals surface area contributed by atoms with Gasteiger partial charge in [0.25, 0.3) is 0 Å². The van der Waals surface area contributed by atoms with E-state index in [4.69, 9.17) is 0 Å². The maximum absolute atomic E-state index is 2.38. The second-order valence-electron chi connectivity index (χ2n) is 17.8. The highest BCUT2D eigenvalue weighted by molar-refractivity contribution is 6.00. The third kappa shape index (κ3) is 10.6. The van der Waals surface area contributed by atoms with Crippen molar-refractivity contribution in [3.8, 4) is 11.1 Å². The average Bonchev–Trinajstić information content (AvgIpc) is 3.52. The predicted molar refractivity (Wildman–Crippen MR) is 328 cm³/mol. The molecule has 0 amide bonds. The fourth-order valence-electron chi connectivity index (χ4n) is 9.97. The minimum atomic E-state index is 1.07. The van der Waals surface area contributed by atoms with Crippen LogP contribution in [0.25, 0.3) is 32.7 Å². The lowest BCUT2D eigenvalue weighted by atomic mass is 10.0. The SMILES string of the molecule is CC.CC.c1ccc(N(c2ccccc2)c2ccc(N(c3ccc(-c4ccc(N(c5ccc(N(c6ccccc6)c6ccccc6)cc5)c5cccc6ccccc56)cc4)cc3)c3cccc4ccccc34)cc2)cc1. The molecule has 76 heavy (non-hydrogen) atoms. The van der Waals surface area contributed by atoms with Crippen LogP contribution in [-0.2, 0) is 0 Å². The van der Waals surface area contributed by atoms with Gasteiger partial charge in [0.15, 0.2) is 0 Å². The third-order valence-corrected chi connectivity index (χ3v) is 13.4. The van der Waals surface area contributed by atoms with Crippen molar-refractivity contribution in [3.05, 3.63) is 303 Å². The molecule has 12 aromatic rings. The summed E-state index contributed by atoms with van der Waals surface area (Å²) < 4.78 is 0. The van der Waals surface area contributed by atoms with Crippen molar-refractivity contribution in [2.24, 2.45) is 0 Å². The lowest BCUT2D eigenvalue weighted by molar-refractivity contribution is 1.26. The zero-order valence-electron chi connectivity index (χ0n) is 43.7. The van der Waals surface area contributed by atoms with E-state index in [1.807, 2.05) is 27.7 Å². The molecule has 0 aliphatic heterocycles. The number of hydrogen-bond acceptors (Lipinski definition) is 4. The Morgan fingerprint density at radius 3 is 0.671 bits per heavy atom. The highest BCUT2D eigenvalue weighted by Crippen LogP contribution is 2.44. The van der Waals surface area contributed by atoms with Gasteiger partial charge in [0.1, 0.15) is 0 Å². The highest BCUT2D eigenvalue weighted by Gasteiger charge is 2.20. The van der Waals surface area contributed by atoms with Gasteiger partial charge in [0.05, 0.1) is 11.4 Å². The maximum Gasteiger partial charge on any atom is 0.0540 e. The molecule has 4 heteroatoms. The maximum atomic E-state index is 2.38. The first-order chi connectivity index (χ1) is 37.7. The Morgan fingerprint density at radius 2 is 0.382 bits per heavy atom. The van der Waals surface area contributed by atoms with E-state index in [9.17, 15) is 0 Å². The van der Waals surface area contributed by atoms with Crippen molar-refractivity contribution < 1.29 is 0 Å². The van der Waals surface area contributed by atoms with Gasteiger partial charge < -0.3 is 19.6 Å². The molecule has 0 radical (unpaired) electrons. The summed E-state index contributed by atoms with van der Waals surface area (Å²) in [6.45, 7) is 8.00. The van der Waals surface area contributed by atoms with Gasteiger partial charge in [-0.1, -0.05) is 198 Å². The number of nitrogens with zero attached hydrogens (tertiary/aromatic N) is 4. The molecule has 370 valence electrons. The van der Waals surface area contributed by atoms with Gasteiger partial charge >= 0.3 is 0 Å². The summed E-state index contributed by atoms with van der Waals surface area (Å²) in [6.07, 6.45) is 0. The van der Waals surface area contributed by atoms with Gasteiger partial charge in [-0.2, -0.15) is 0 Å². The topological polar surface area (TPSA) is 13.0 Å². The molecule has 0 aliphatic rings. The Bertz CT molecular complexity index is 3370. The van der Waals surface area contributed by atoms with Crippen molar-refractivity contribution in [2.75, 3.05) is 19.6 Å². The van der Waals surface area contributed by atoms with Crippen LogP contribution in [0.15, 0.2) is 303 Å². The zero-order chi connectivity index (χ0) is 52.1. The molecule has 12 aromatic carbocycles. The molecule has 0 N–H and O–H groups in total. The van der Waals surface area contributed by atoms with Crippen LogP contribution in [0.2, 0.25) is 0 Å². The van der Waals surface area contributed by atoms with E-state index in [1.54, 1.807) is 0 Å². The molecule has 0 heterocycles. The van der Waals surface area contributed by atoms with E-state index in [1.165, 1.54) is 21.5 Å². The second kappa shape index (κ2) is 23.9. The van der Waals surface area contributed by atoms with Crippen molar-refractivity contribution in [2.45, 2.75) is 27.7 Å². The van der Waals surface area contributed by atoms with Crippen LogP contribution in [0.5, 0.6) is 0 Å². The number of para-hydroxylation sites is 4. The van der Waals surface area contributed by atoms with Crippen LogP contribution in [-0.4, -0.2) is 0 Å². The Kier molecular flexibility index (Phi) is 15.7. The Morgan fingerprint density at radius 1 is 0.171 bits per heavy atom. The number of rotatable bonds is 13. The van der Waals surface area contributed by atoms with E-state index in [-0.39, 0.29) is 0 Å². The normalized spacial score (nSPS) is 10.6. The molecular weight excluding hydrogens is 921 g/mol. The molecular formula is C72H62N4. The first kappa shape index (κ1) is 49.9. The molecule has 0 fully saturated rings. The first-order valence-corrected chi connectivity index (χ1v) is 26.5. The average molecular weight is 983 g/mol. The van der Waals surface area contributed by atoms with Gasteiger partial charge in [-0.05, 0) is 155 Å². The summed E-state index contributed by atoms with van der Waals surface area (Å²) in [5.74, 6) is 0. The zero-order valence-corrected chi connectivity index (χ0v) is 43.7. The first-order valence-electron chi connectivity index (χ1n) is 26.5. The van der Waals surface area contributed by atoms with E-state index in [0.29, 0.717) is 0 Å². The number of fused-ring (bicyclic) bond motifs is 2. The molecule has 0 saturated carbocycles. The molecule has 12 rings (SSSR count). The van der Waals surface area contributed by atoms with Crippen LogP contribution in [0.1, 0.15) is 27.7 Å². The molecule has 0 spiro atoms. The van der Waals surface area contributed by atoms with Crippen molar-refractivity contribution in [3.63, 3.8) is 0 Å². The van der Waals surface area contributed by atoms with Crippen LogP contribution in [0.3, 0.4) is 0 Å². The van der Waals surface area contributed by atoms with Gasteiger partial charge in [-0.15, -0.1) is 0 Å². The summed E-state index contributed by atoms with van der Waals surface area (Å²) in [5.41, 5.74) is 15.4. The van der Waals surface area contributed by atoms with Gasteiger partial charge in [-0.25, -0.2) is 0 Å². The standard InChI is InChI=1S/C68H50N4.2C2H6/c1-5-23-55(24-6-1)69(56-25-7-2-8-26-56)59-43-47-63(48-44-59)71(67-33-17-21-53-19-13-15-31-65(53)67)61-39-35-51(36-40-61)52-37-41-62(42-38-52)72(68-34-18-22-54-20-14-16-32-66(54)68)64-49-45-60(46-50-64)70(57-27-9-3-10-28-57)58-29-11-4-12-30-58;2*1-2/h1-50H;2*1-2H3. The van der Waals surface area contributed by atoms with Crippen LogP contribution in [0.4, 0.5) is 68.2 Å². The Balaban J connectivity index is 0.00000161. The number of anilines is 12. The van der Waals surface area contributed by atoms with E-state index >= 15 is 0 Å². The monoisotopic (exact) mass is 982 g/mol. The van der Waals surface area contributed by atoms with Crippen LogP contribution < -0.4 is 19.6 Å². The molecule has 4 nitrogen and oxygen atoms in total. The largest absolute Gasteiger partial charge is 0.311 e. The number of benzene rings is 12. The minimum Gasteiger partial charge on any atom is -0.311 e. The molecule has 0 unspecified atom stereocenters. The quantitative estimate of drug-likeness (QED) is 0.114. The lowest BCUT2D eigenvalue weighted by Crippen LogP contribution is -2.12. The summed E-state index contributed by atoms with van der Waals surface area (Å²) in [4.78, 5) is 9.35. The van der Waals surface area contributed by atoms with Crippen molar-refractivity contribution >= 4 is 89.8 Å². The third-order valence-electron chi connectivity index (χ3n) is 13.4. The molecule has 0 saturated heterocycles. The van der Waals surface area contributed by atoms with Gasteiger partial charge in [-0.3, -0.25) is 0 Å². The van der Waals surface area contributed by atoms with Crippen molar-refractivity contribution in [1.29, 1.82) is 0 Å². The summed E-state index contributed by atoms with van der Waals surface area (Å²) >= 11 is 0. The summed E-state index contributed by atoms with van der Waals surface area (Å²) in [6, 6.07) is 108. The fourth-order valence-corrected chi connectivity index (χ4v) is 9.97. The Hall–Kier alpha value is -9.64. The van der Waals surface area contributed by atoms with Gasteiger partial charge in [0.2, 0.25) is 0 Å². The Labute approximate surface area is 449 Å². The minimum absolute atomic E-state index is 1.07. The van der Waals surface area contributed by atoms with Crippen LogP contribution in [0, 0.1) is 0 Å². The van der Waals surface area contributed by atoms with E-state index in [2.05, 4.69) is 323 Å². The summed E-state index contributed by atoms with van der Waals surface area (Å²) in [5, 5.41) is 4.77. The molecule has 0 aromatic heterocycles. The highest BCUT2D eigenvalue weighted by atomic mass is 15.2. The summed E-state index contributed by atoms with van der Waals surface area (Å²) in [7, 11) is 0.